The maximum absolute atomic E-state index is 14.4. The molecule has 1 aromatic carbocycles. The normalized spacial score (nSPS) is 30.3. The molecular weight excluding hydrogens is 683 g/mol. The molecular formula is C35H45FN6O8S. The Hall–Kier alpha value is -4.21. The number of likely N-dealkylation sites (tertiary alicyclic amines) is 1. The number of urea groups is 1. The molecule has 4 heterocycles. The Morgan fingerprint density at radius 1 is 0.980 bits per heavy atom. The third kappa shape index (κ3) is 7.42. The van der Waals surface area contributed by atoms with Gasteiger partial charge in [0, 0.05) is 37.5 Å². The van der Waals surface area contributed by atoms with Crippen molar-refractivity contribution < 1.29 is 41.5 Å². The van der Waals surface area contributed by atoms with Crippen molar-refractivity contribution >= 4 is 39.9 Å². The van der Waals surface area contributed by atoms with E-state index in [1.54, 1.807) is 17.0 Å². The molecule has 276 valence electrons. The van der Waals surface area contributed by atoms with Gasteiger partial charge in [0.25, 0.3) is 5.91 Å². The predicted molar refractivity (Wildman–Crippen MR) is 180 cm³/mol. The first-order valence-electron chi connectivity index (χ1n) is 18.1. The predicted octanol–water partition coefficient (Wildman–Crippen LogP) is 2.43. The highest BCUT2D eigenvalue weighted by Gasteiger charge is 2.62. The minimum atomic E-state index is -3.90. The molecule has 51 heavy (non-hydrogen) atoms. The summed E-state index contributed by atoms with van der Waals surface area (Å²) in [5.41, 5.74) is -0.467. The van der Waals surface area contributed by atoms with E-state index in [1.807, 2.05) is 12.2 Å². The lowest BCUT2D eigenvalue weighted by molar-refractivity contribution is -0.141. The van der Waals surface area contributed by atoms with Crippen LogP contribution >= 0.6 is 0 Å². The van der Waals surface area contributed by atoms with Crippen molar-refractivity contribution in [3.05, 3.63) is 47.3 Å². The fourth-order valence-corrected chi connectivity index (χ4v) is 9.10. The summed E-state index contributed by atoms with van der Waals surface area (Å²) in [7, 11) is -3.90. The van der Waals surface area contributed by atoms with Gasteiger partial charge in [0.15, 0.2) is 0 Å². The smallest absolute Gasteiger partial charge is 0.410 e. The Kier molecular flexibility index (Phi) is 9.71. The lowest BCUT2D eigenvalue weighted by Gasteiger charge is -2.30. The first-order chi connectivity index (χ1) is 24.4. The highest BCUT2D eigenvalue weighted by atomic mass is 32.2. The van der Waals surface area contributed by atoms with Gasteiger partial charge in [0.05, 0.1) is 18.3 Å². The molecule has 4 aliphatic heterocycles. The van der Waals surface area contributed by atoms with Crippen LogP contribution in [0.15, 0.2) is 30.4 Å². The number of fused-ring (bicyclic) bond motifs is 3. The summed E-state index contributed by atoms with van der Waals surface area (Å²) in [4.78, 5) is 73.0. The van der Waals surface area contributed by atoms with Crippen LogP contribution in [0.4, 0.5) is 14.0 Å². The molecule has 0 bridgehead atoms. The van der Waals surface area contributed by atoms with E-state index in [0.717, 1.165) is 25.7 Å². The number of allylic oxidation sites excluding steroid dienone is 1. The minimum absolute atomic E-state index is 0.0149. The van der Waals surface area contributed by atoms with E-state index < -0.39 is 74.5 Å². The van der Waals surface area contributed by atoms with E-state index in [9.17, 15) is 36.8 Å². The molecule has 14 nitrogen and oxygen atoms in total. The molecule has 6 aliphatic rings. The standard InChI is InChI=1S/C35H45FN6O8S/c36-27-11-8-9-22-19-41(21-26(22)27)34(47)50-24-17-29-30(43)38-35(32(45)39-51(48,49)25-13-14-25)18-23(35)10-4-2-1-3-5-12-28(31(44)42(29)20-24)37-33(46)40-15-6-7-16-40/h4,8-11,23-25,28-29H,1-3,5-7,12-21H2,(H,37,46)(H,38,43)(H,39,45)/b10-4-/t23-,24-,28+,29+,35-/m1/s1. The van der Waals surface area contributed by atoms with Crippen LogP contribution in [0.1, 0.15) is 81.8 Å². The van der Waals surface area contributed by atoms with Gasteiger partial charge in [-0.1, -0.05) is 37.1 Å². The van der Waals surface area contributed by atoms with Crippen LogP contribution in [0.3, 0.4) is 0 Å². The van der Waals surface area contributed by atoms with Gasteiger partial charge in [-0.3, -0.25) is 24.0 Å². The molecule has 7 rings (SSSR count). The number of carbonyl (C=O) groups is 5. The van der Waals surface area contributed by atoms with E-state index in [0.29, 0.717) is 56.3 Å². The number of benzene rings is 1. The molecule has 1 aromatic rings. The zero-order chi connectivity index (χ0) is 35.9. The molecule has 2 aliphatic carbocycles. The van der Waals surface area contributed by atoms with Crippen LogP contribution in [0.2, 0.25) is 0 Å². The van der Waals surface area contributed by atoms with Gasteiger partial charge in [-0.05, 0) is 63.0 Å². The molecule has 0 radical (unpaired) electrons. The molecule has 0 spiro atoms. The SMILES string of the molecule is O=C1N[C@]2(C(=O)NS(=O)(=O)C3CC3)C[C@H]2/C=C\CCCCC[C@H](NC(=O)N2CCCC2)C(=O)N2C[C@H](OC(=O)N3Cc4cccc(F)c4C3)C[C@@H]12. The first-order valence-corrected chi connectivity index (χ1v) is 19.6. The Balaban J connectivity index is 1.13. The van der Waals surface area contributed by atoms with Crippen molar-refractivity contribution in [2.75, 3.05) is 19.6 Å². The lowest BCUT2D eigenvalue weighted by atomic mass is 10.0. The summed E-state index contributed by atoms with van der Waals surface area (Å²) >= 11 is 0. The zero-order valence-electron chi connectivity index (χ0n) is 28.5. The highest BCUT2D eigenvalue weighted by Crippen LogP contribution is 2.46. The summed E-state index contributed by atoms with van der Waals surface area (Å²) in [6, 6.07) is 2.14. The van der Waals surface area contributed by atoms with Gasteiger partial charge in [-0.25, -0.2) is 22.4 Å². The fraction of sp³-hybridized carbons (Fsp3) is 0.629. The third-order valence-electron chi connectivity index (χ3n) is 11.0. The molecule has 0 aromatic heterocycles. The van der Waals surface area contributed by atoms with E-state index >= 15 is 0 Å². The summed E-state index contributed by atoms with van der Waals surface area (Å²) in [6.07, 6.45) is 8.08. The highest BCUT2D eigenvalue weighted by molar-refractivity contribution is 7.91. The number of rotatable bonds is 5. The zero-order valence-corrected chi connectivity index (χ0v) is 29.3. The van der Waals surface area contributed by atoms with Crippen LogP contribution in [0.5, 0.6) is 0 Å². The Bertz CT molecular complexity index is 1730. The number of nitrogens with one attached hydrogen (secondary N) is 3. The van der Waals surface area contributed by atoms with Crippen molar-refractivity contribution in [2.45, 2.75) is 113 Å². The maximum atomic E-state index is 14.4. The van der Waals surface area contributed by atoms with Crippen molar-refractivity contribution in [3.8, 4) is 0 Å². The lowest BCUT2D eigenvalue weighted by Crippen LogP contribution is -2.58. The van der Waals surface area contributed by atoms with Gasteiger partial charge >= 0.3 is 12.1 Å². The van der Waals surface area contributed by atoms with Crippen LogP contribution in [0.25, 0.3) is 0 Å². The largest absolute Gasteiger partial charge is 0.444 e. The van der Waals surface area contributed by atoms with Crippen LogP contribution < -0.4 is 15.4 Å². The van der Waals surface area contributed by atoms with Gasteiger partial charge in [-0.2, -0.15) is 0 Å². The third-order valence-corrected chi connectivity index (χ3v) is 12.8. The fourth-order valence-electron chi connectivity index (χ4n) is 7.74. The summed E-state index contributed by atoms with van der Waals surface area (Å²) in [5.74, 6) is -2.89. The van der Waals surface area contributed by atoms with Gasteiger partial charge < -0.3 is 25.2 Å². The molecule has 0 unspecified atom stereocenters. The maximum Gasteiger partial charge on any atom is 0.410 e. The van der Waals surface area contributed by atoms with Crippen LogP contribution in [0, 0.1) is 11.7 Å². The molecule has 16 heteroatoms. The van der Waals surface area contributed by atoms with E-state index in [1.165, 1.54) is 15.9 Å². The number of carbonyl (C=O) groups excluding carboxylic acids is 5. The average Bonchev–Trinajstić information content (AvgIpc) is 3.85. The number of ether oxygens (including phenoxy) is 1. The van der Waals surface area contributed by atoms with E-state index in [4.69, 9.17) is 4.74 Å². The van der Waals surface area contributed by atoms with Gasteiger partial charge in [-0.15, -0.1) is 0 Å². The Morgan fingerprint density at radius 3 is 2.51 bits per heavy atom. The Labute approximate surface area is 296 Å². The topological polar surface area (TPSA) is 175 Å². The molecule has 3 N–H and O–H groups in total. The summed E-state index contributed by atoms with van der Waals surface area (Å²) in [5, 5.41) is 5.06. The number of halogens is 1. The van der Waals surface area contributed by atoms with Crippen LogP contribution in [-0.4, -0.2) is 102 Å². The molecule has 2 saturated heterocycles. The summed E-state index contributed by atoms with van der Waals surface area (Å²) in [6.45, 7) is 1.18. The van der Waals surface area contributed by atoms with Crippen molar-refractivity contribution in [2.24, 2.45) is 5.92 Å². The Morgan fingerprint density at radius 2 is 1.76 bits per heavy atom. The van der Waals surface area contributed by atoms with Crippen LogP contribution in [-0.2, 0) is 42.2 Å². The van der Waals surface area contributed by atoms with Crippen molar-refractivity contribution in [1.29, 1.82) is 0 Å². The number of hydrogen-bond donors (Lipinski definition) is 3. The second-order valence-electron chi connectivity index (χ2n) is 14.7. The van der Waals surface area contributed by atoms with Gasteiger partial charge in [0.1, 0.15) is 29.5 Å². The van der Waals surface area contributed by atoms with Crippen molar-refractivity contribution in [3.63, 3.8) is 0 Å². The van der Waals surface area contributed by atoms with E-state index in [-0.39, 0.29) is 38.5 Å². The number of amides is 6. The molecule has 2 saturated carbocycles. The second-order valence-corrected chi connectivity index (χ2v) is 16.7. The number of hydrogen-bond acceptors (Lipinski definition) is 8. The monoisotopic (exact) mass is 728 g/mol. The number of sulfonamides is 1. The minimum Gasteiger partial charge on any atom is -0.444 e. The van der Waals surface area contributed by atoms with Gasteiger partial charge in [0.2, 0.25) is 21.8 Å². The quantitative estimate of drug-likeness (QED) is 0.388. The first kappa shape index (κ1) is 35.2. The number of nitrogens with zero attached hydrogens (tertiary/aromatic N) is 3. The van der Waals surface area contributed by atoms with Crippen molar-refractivity contribution in [1.82, 2.24) is 30.1 Å². The molecule has 6 amide bonds. The summed E-state index contributed by atoms with van der Waals surface area (Å²) < 4.78 is 47.9. The second kappa shape index (κ2) is 14.1. The molecule has 5 atom stereocenters. The average molecular weight is 729 g/mol. The van der Waals surface area contributed by atoms with E-state index in [2.05, 4.69) is 15.4 Å². The molecule has 4 fully saturated rings.